The highest BCUT2D eigenvalue weighted by molar-refractivity contribution is 8.00. The second-order valence-corrected chi connectivity index (χ2v) is 7.08. The number of thioether (sulfide) groups is 1. The topological polar surface area (TPSA) is 47.6 Å². The summed E-state index contributed by atoms with van der Waals surface area (Å²) in [5.74, 6) is 1.24. The van der Waals surface area contributed by atoms with E-state index in [0.29, 0.717) is 16.5 Å². The third kappa shape index (κ3) is 4.58. The summed E-state index contributed by atoms with van der Waals surface area (Å²) in [5.41, 5.74) is 1.70. The van der Waals surface area contributed by atoms with Crippen LogP contribution in [0.5, 0.6) is 11.5 Å². The van der Waals surface area contributed by atoms with E-state index in [1.54, 1.807) is 20.3 Å². The van der Waals surface area contributed by atoms with Gasteiger partial charge in [0.2, 0.25) is 5.91 Å². The molecule has 0 saturated heterocycles. The lowest BCUT2D eigenvalue weighted by atomic mass is 10.2. The van der Waals surface area contributed by atoms with E-state index < -0.39 is 0 Å². The zero-order valence-corrected chi connectivity index (χ0v) is 15.6. The maximum Gasteiger partial charge on any atom is 0.237 e. The maximum absolute atomic E-state index is 12.4. The third-order valence-corrected chi connectivity index (χ3v) is 4.81. The molecule has 0 heterocycles. The molecule has 0 aliphatic heterocycles. The molecule has 0 aliphatic rings. The molecule has 4 nitrogen and oxygen atoms in total. The van der Waals surface area contributed by atoms with Crippen LogP contribution in [-0.2, 0) is 4.79 Å². The minimum Gasteiger partial charge on any atom is -0.493 e. The second kappa shape index (κ2) is 8.31. The Morgan fingerprint density at radius 3 is 2.46 bits per heavy atom. The molecule has 2 aromatic carbocycles. The lowest BCUT2D eigenvalue weighted by Crippen LogP contribution is -2.22. The highest BCUT2D eigenvalue weighted by Gasteiger charge is 2.16. The number of carbonyl (C=O) groups excluding carboxylic acids is 1. The van der Waals surface area contributed by atoms with Crippen molar-refractivity contribution in [2.24, 2.45) is 0 Å². The number of hydrogen-bond acceptors (Lipinski definition) is 4. The summed E-state index contributed by atoms with van der Waals surface area (Å²) in [7, 11) is 3.18. The number of hydrogen-bond donors (Lipinski definition) is 1. The van der Waals surface area contributed by atoms with Gasteiger partial charge < -0.3 is 14.8 Å². The second-order valence-electron chi connectivity index (χ2n) is 5.23. The monoisotopic (exact) mass is 365 g/mol. The summed E-state index contributed by atoms with van der Waals surface area (Å²) in [4.78, 5) is 13.3. The van der Waals surface area contributed by atoms with Gasteiger partial charge in [0.05, 0.1) is 19.5 Å². The number of amides is 1. The van der Waals surface area contributed by atoms with Crippen LogP contribution >= 0.6 is 23.4 Å². The van der Waals surface area contributed by atoms with Crippen molar-refractivity contribution in [1.29, 1.82) is 0 Å². The molecule has 6 heteroatoms. The summed E-state index contributed by atoms with van der Waals surface area (Å²) in [6, 6.07) is 11.0. The molecule has 128 valence electrons. The number of aryl methyl sites for hydroxylation is 1. The molecule has 1 amide bonds. The van der Waals surface area contributed by atoms with E-state index in [-0.39, 0.29) is 11.2 Å². The molecule has 0 aliphatic carbocycles. The molecule has 0 fully saturated rings. The number of carbonyl (C=O) groups is 1. The first-order chi connectivity index (χ1) is 11.4. The molecule has 2 rings (SSSR count). The zero-order chi connectivity index (χ0) is 17.7. The van der Waals surface area contributed by atoms with Gasteiger partial charge in [-0.25, -0.2) is 0 Å². The van der Waals surface area contributed by atoms with Gasteiger partial charge in [-0.2, -0.15) is 0 Å². The number of methoxy groups -OCH3 is 2. The van der Waals surface area contributed by atoms with Crippen molar-refractivity contribution in [3.05, 3.63) is 47.0 Å². The van der Waals surface area contributed by atoms with Crippen LogP contribution in [0.4, 0.5) is 5.69 Å². The predicted octanol–water partition coefficient (Wildman–Crippen LogP) is 4.78. The number of rotatable bonds is 6. The van der Waals surface area contributed by atoms with Crippen LogP contribution in [-0.4, -0.2) is 25.4 Å². The van der Waals surface area contributed by atoms with Crippen LogP contribution in [0.2, 0.25) is 5.02 Å². The van der Waals surface area contributed by atoms with Crippen LogP contribution in [0.15, 0.2) is 41.3 Å². The van der Waals surface area contributed by atoms with E-state index in [0.717, 1.165) is 16.1 Å². The third-order valence-electron chi connectivity index (χ3n) is 3.48. The summed E-state index contributed by atoms with van der Waals surface area (Å²) < 4.78 is 10.5. The number of nitrogens with one attached hydrogen (secondary N) is 1. The number of halogens is 1. The average Bonchev–Trinajstić information content (AvgIpc) is 2.57. The Morgan fingerprint density at radius 1 is 1.12 bits per heavy atom. The van der Waals surface area contributed by atoms with Gasteiger partial charge in [0.25, 0.3) is 0 Å². The molecule has 24 heavy (non-hydrogen) atoms. The van der Waals surface area contributed by atoms with Crippen molar-refractivity contribution in [2.75, 3.05) is 19.5 Å². The molecule has 0 radical (unpaired) electrons. The van der Waals surface area contributed by atoms with E-state index >= 15 is 0 Å². The Morgan fingerprint density at radius 2 is 1.83 bits per heavy atom. The molecule has 0 aromatic heterocycles. The lowest BCUT2D eigenvalue weighted by molar-refractivity contribution is -0.115. The number of benzene rings is 2. The molecule has 1 atom stereocenters. The fourth-order valence-electron chi connectivity index (χ4n) is 2.15. The van der Waals surface area contributed by atoms with E-state index in [4.69, 9.17) is 21.1 Å². The van der Waals surface area contributed by atoms with Gasteiger partial charge in [-0.05, 0) is 55.8 Å². The number of ether oxygens (including phenoxy) is 2. The fraction of sp³-hybridized carbons (Fsp3) is 0.278. The standard InChI is InChI=1S/C18H20ClNO3S/c1-11-9-13(19)5-7-15(11)20-18(21)12(2)24-14-6-8-16(22-3)17(10-14)23-4/h5-10,12H,1-4H3,(H,20,21)/t12-/m0/s1. The van der Waals surface area contributed by atoms with Gasteiger partial charge in [-0.1, -0.05) is 11.6 Å². The SMILES string of the molecule is COc1ccc(S[C@@H](C)C(=O)Nc2ccc(Cl)cc2C)cc1OC. The van der Waals surface area contributed by atoms with E-state index in [1.165, 1.54) is 11.8 Å². The first kappa shape index (κ1) is 18.5. The molecule has 2 aromatic rings. The van der Waals surface area contributed by atoms with E-state index in [1.807, 2.05) is 44.2 Å². The van der Waals surface area contributed by atoms with Crippen LogP contribution in [0, 0.1) is 6.92 Å². The van der Waals surface area contributed by atoms with Gasteiger partial charge in [0.15, 0.2) is 11.5 Å². The van der Waals surface area contributed by atoms with Crippen molar-refractivity contribution in [3.63, 3.8) is 0 Å². The smallest absolute Gasteiger partial charge is 0.237 e. The highest BCUT2D eigenvalue weighted by Crippen LogP contribution is 2.33. The Kier molecular flexibility index (Phi) is 6.40. The van der Waals surface area contributed by atoms with Crippen LogP contribution < -0.4 is 14.8 Å². The summed E-state index contributed by atoms with van der Waals surface area (Å²) in [6.07, 6.45) is 0. The Labute approximate surface area is 151 Å². The van der Waals surface area contributed by atoms with Gasteiger partial charge in [0, 0.05) is 15.6 Å². The summed E-state index contributed by atoms with van der Waals surface area (Å²) in [5, 5.41) is 3.32. The fourth-order valence-corrected chi connectivity index (χ4v) is 3.27. The Bertz CT molecular complexity index is 736. The Hall–Kier alpha value is -1.85. The average molecular weight is 366 g/mol. The van der Waals surface area contributed by atoms with Gasteiger partial charge >= 0.3 is 0 Å². The van der Waals surface area contributed by atoms with Crippen LogP contribution in [0.3, 0.4) is 0 Å². The summed E-state index contributed by atoms with van der Waals surface area (Å²) in [6.45, 7) is 3.77. The molecular weight excluding hydrogens is 346 g/mol. The normalized spacial score (nSPS) is 11.7. The maximum atomic E-state index is 12.4. The van der Waals surface area contributed by atoms with Crippen molar-refractivity contribution < 1.29 is 14.3 Å². The molecule has 0 saturated carbocycles. The lowest BCUT2D eigenvalue weighted by Gasteiger charge is -2.15. The van der Waals surface area contributed by atoms with Gasteiger partial charge in [-0.3, -0.25) is 4.79 Å². The highest BCUT2D eigenvalue weighted by atomic mass is 35.5. The van der Waals surface area contributed by atoms with Crippen molar-refractivity contribution >= 4 is 35.0 Å². The van der Waals surface area contributed by atoms with E-state index in [9.17, 15) is 4.79 Å². The number of anilines is 1. The van der Waals surface area contributed by atoms with Gasteiger partial charge in [-0.15, -0.1) is 11.8 Å². The van der Waals surface area contributed by atoms with Gasteiger partial charge in [0.1, 0.15) is 0 Å². The van der Waals surface area contributed by atoms with Crippen LogP contribution in [0.25, 0.3) is 0 Å². The predicted molar refractivity (Wildman–Crippen MR) is 99.7 cm³/mol. The molecule has 0 spiro atoms. The molecular formula is C18H20ClNO3S. The van der Waals surface area contributed by atoms with Crippen molar-refractivity contribution in [2.45, 2.75) is 24.0 Å². The van der Waals surface area contributed by atoms with E-state index in [2.05, 4.69) is 5.32 Å². The first-order valence-corrected chi connectivity index (χ1v) is 8.66. The zero-order valence-electron chi connectivity index (χ0n) is 14.1. The minimum absolute atomic E-state index is 0.0693. The molecule has 1 N–H and O–H groups in total. The summed E-state index contributed by atoms with van der Waals surface area (Å²) >= 11 is 7.39. The van der Waals surface area contributed by atoms with Crippen molar-refractivity contribution in [1.82, 2.24) is 0 Å². The molecule has 0 bridgehead atoms. The Balaban J connectivity index is 2.06. The largest absolute Gasteiger partial charge is 0.493 e. The first-order valence-electron chi connectivity index (χ1n) is 7.40. The quantitative estimate of drug-likeness (QED) is 0.748. The molecule has 0 unspecified atom stereocenters. The van der Waals surface area contributed by atoms with Crippen molar-refractivity contribution in [3.8, 4) is 11.5 Å². The van der Waals surface area contributed by atoms with Crippen LogP contribution in [0.1, 0.15) is 12.5 Å². The minimum atomic E-state index is -0.266.